The highest BCUT2D eigenvalue weighted by molar-refractivity contribution is 5.89. The average Bonchev–Trinajstić information content (AvgIpc) is 2.67. The van der Waals surface area contributed by atoms with E-state index in [1.165, 1.54) is 18.7 Å². The van der Waals surface area contributed by atoms with Gasteiger partial charge in [-0.25, -0.2) is 4.79 Å². The van der Waals surface area contributed by atoms with Gasteiger partial charge in [-0.2, -0.15) is 8.78 Å². The van der Waals surface area contributed by atoms with Gasteiger partial charge in [0, 0.05) is 5.56 Å². The summed E-state index contributed by atoms with van der Waals surface area (Å²) in [5, 5.41) is 0. The van der Waals surface area contributed by atoms with Crippen molar-refractivity contribution >= 4 is 5.97 Å². The molecule has 0 N–H and O–H groups in total. The number of carbonyl (C=O) groups excluding carboxylic acids is 1. The molecule has 2 nitrogen and oxygen atoms in total. The third-order valence-electron chi connectivity index (χ3n) is 5.05. The molecule has 1 unspecified atom stereocenters. The number of allylic oxidation sites excluding steroid dienone is 1. The van der Waals surface area contributed by atoms with Crippen LogP contribution >= 0.6 is 0 Å². The molecule has 0 saturated heterocycles. The Hall–Kier alpha value is -2.49. The minimum Gasteiger partial charge on any atom is -0.465 e. The highest BCUT2D eigenvalue weighted by Crippen LogP contribution is 2.32. The van der Waals surface area contributed by atoms with E-state index in [9.17, 15) is 13.6 Å². The highest BCUT2D eigenvalue weighted by Gasteiger charge is 2.27. The lowest BCUT2D eigenvalue weighted by atomic mass is 9.80. The van der Waals surface area contributed by atoms with Crippen molar-refractivity contribution < 1.29 is 18.3 Å². The van der Waals surface area contributed by atoms with E-state index < -0.39 is 5.92 Å². The Bertz CT molecular complexity index is 827. The number of esters is 1. The number of methoxy groups -OCH3 is 1. The molecule has 1 aliphatic carbocycles. The summed E-state index contributed by atoms with van der Waals surface area (Å²) in [4.78, 5) is 11.7. The smallest absolute Gasteiger partial charge is 0.337 e. The van der Waals surface area contributed by atoms with E-state index in [2.05, 4.69) is 6.58 Å². The molecule has 1 atom stereocenters. The van der Waals surface area contributed by atoms with Gasteiger partial charge in [0.05, 0.1) is 12.7 Å². The monoisotopic (exact) mass is 356 g/mol. The standard InChI is InChI=1S/C22H22F2O2/c1-3-22(23,24)20-6-4-5-15(13-20)11-16-7-8-17-9-10-18(21(25)26-2)14-19(17)12-16/h3-6,9-10,13-14,16H,1,7-8,11-12H2,2H3. The zero-order valence-electron chi connectivity index (χ0n) is 14.8. The highest BCUT2D eigenvalue weighted by atomic mass is 19.3. The Morgan fingerprint density at radius 3 is 2.81 bits per heavy atom. The van der Waals surface area contributed by atoms with Crippen molar-refractivity contribution in [3.05, 3.63) is 82.9 Å². The zero-order valence-corrected chi connectivity index (χ0v) is 14.8. The van der Waals surface area contributed by atoms with Crippen molar-refractivity contribution in [1.82, 2.24) is 0 Å². The van der Waals surface area contributed by atoms with Crippen molar-refractivity contribution in [2.24, 2.45) is 5.92 Å². The van der Waals surface area contributed by atoms with Gasteiger partial charge in [-0.3, -0.25) is 0 Å². The van der Waals surface area contributed by atoms with E-state index >= 15 is 0 Å². The maximum absolute atomic E-state index is 13.8. The van der Waals surface area contributed by atoms with Gasteiger partial charge in [0.15, 0.2) is 0 Å². The summed E-state index contributed by atoms with van der Waals surface area (Å²) in [5.41, 5.74) is 3.84. The fraction of sp³-hybridized carbons (Fsp3) is 0.318. The predicted octanol–water partition coefficient (Wildman–Crippen LogP) is 5.10. The molecule has 2 aromatic carbocycles. The van der Waals surface area contributed by atoms with Crippen LogP contribution < -0.4 is 0 Å². The first-order valence-electron chi connectivity index (χ1n) is 8.74. The number of ether oxygens (including phenoxy) is 1. The molecule has 0 saturated carbocycles. The predicted molar refractivity (Wildman–Crippen MR) is 97.5 cm³/mol. The molecule has 0 fully saturated rings. The third kappa shape index (κ3) is 3.85. The van der Waals surface area contributed by atoms with E-state index in [1.54, 1.807) is 18.2 Å². The number of rotatable bonds is 5. The molecule has 4 heteroatoms. The summed E-state index contributed by atoms with van der Waals surface area (Å²) in [6.45, 7) is 3.22. The second-order valence-corrected chi connectivity index (χ2v) is 6.82. The number of fused-ring (bicyclic) bond motifs is 1. The lowest BCUT2D eigenvalue weighted by Crippen LogP contribution is -2.18. The number of aryl methyl sites for hydroxylation is 1. The summed E-state index contributed by atoms with van der Waals surface area (Å²) < 4.78 is 32.5. The van der Waals surface area contributed by atoms with Crippen LogP contribution in [0.5, 0.6) is 0 Å². The van der Waals surface area contributed by atoms with Crippen LogP contribution in [0.3, 0.4) is 0 Å². The van der Waals surface area contributed by atoms with E-state index in [0.717, 1.165) is 36.8 Å². The molecule has 0 aromatic heterocycles. The molecule has 0 amide bonds. The second kappa shape index (κ2) is 7.40. The van der Waals surface area contributed by atoms with E-state index in [1.807, 2.05) is 18.2 Å². The van der Waals surface area contributed by atoms with Crippen molar-refractivity contribution in [1.29, 1.82) is 0 Å². The van der Waals surface area contributed by atoms with Crippen molar-refractivity contribution in [3.8, 4) is 0 Å². The molecule has 0 aliphatic heterocycles. The lowest BCUT2D eigenvalue weighted by molar-refractivity contribution is 0.0524. The number of hydrogen-bond donors (Lipinski definition) is 0. The Labute approximate surface area is 152 Å². The molecular weight excluding hydrogens is 334 g/mol. The van der Waals surface area contributed by atoms with Crippen LogP contribution in [-0.2, 0) is 29.9 Å². The van der Waals surface area contributed by atoms with Crippen LogP contribution in [0.15, 0.2) is 55.1 Å². The van der Waals surface area contributed by atoms with Gasteiger partial charge in [-0.1, -0.05) is 30.8 Å². The molecule has 0 heterocycles. The third-order valence-corrected chi connectivity index (χ3v) is 5.05. The Morgan fingerprint density at radius 1 is 1.27 bits per heavy atom. The molecule has 3 rings (SSSR count). The Morgan fingerprint density at radius 2 is 2.08 bits per heavy atom. The van der Waals surface area contributed by atoms with Gasteiger partial charge in [0.2, 0.25) is 0 Å². The molecule has 0 spiro atoms. The van der Waals surface area contributed by atoms with Gasteiger partial charge in [-0.05, 0) is 72.6 Å². The van der Waals surface area contributed by atoms with Crippen LogP contribution in [0.4, 0.5) is 8.78 Å². The van der Waals surface area contributed by atoms with Crippen molar-refractivity contribution in [2.45, 2.75) is 31.6 Å². The van der Waals surface area contributed by atoms with E-state index in [0.29, 0.717) is 17.6 Å². The van der Waals surface area contributed by atoms with Gasteiger partial charge in [0.1, 0.15) is 0 Å². The molecule has 0 radical (unpaired) electrons. The van der Waals surface area contributed by atoms with Crippen LogP contribution in [0.2, 0.25) is 0 Å². The average molecular weight is 356 g/mol. The largest absolute Gasteiger partial charge is 0.465 e. The number of hydrogen-bond acceptors (Lipinski definition) is 2. The van der Waals surface area contributed by atoms with Gasteiger partial charge in [-0.15, -0.1) is 0 Å². The molecule has 26 heavy (non-hydrogen) atoms. The first-order chi connectivity index (χ1) is 12.4. The summed E-state index contributed by atoms with van der Waals surface area (Å²) in [5.74, 6) is -2.98. The van der Waals surface area contributed by atoms with Crippen LogP contribution in [0.25, 0.3) is 0 Å². The SMILES string of the molecule is C=CC(F)(F)c1cccc(CC2CCc3ccc(C(=O)OC)cc3C2)c1. The summed E-state index contributed by atoms with van der Waals surface area (Å²) >= 11 is 0. The van der Waals surface area contributed by atoms with Crippen molar-refractivity contribution in [2.75, 3.05) is 7.11 Å². The number of halogens is 2. The molecule has 0 bridgehead atoms. The van der Waals surface area contributed by atoms with E-state index in [4.69, 9.17) is 4.74 Å². The lowest BCUT2D eigenvalue weighted by Gasteiger charge is -2.25. The summed E-state index contributed by atoms with van der Waals surface area (Å²) in [6, 6.07) is 12.3. The molecule has 136 valence electrons. The fourth-order valence-electron chi connectivity index (χ4n) is 3.61. The maximum Gasteiger partial charge on any atom is 0.337 e. The molecule has 2 aromatic rings. The number of alkyl halides is 2. The van der Waals surface area contributed by atoms with Gasteiger partial charge in [0.25, 0.3) is 5.92 Å². The normalized spacial score (nSPS) is 16.7. The summed E-state index contributed by atoms with van der Waals surface area (Å²) in [7, 11) is 1.37. The number of benzene rings is 2. The van der Waals surface area contributed by atoms with Crippen molar-refractivity contribution in [3.63, 3.8) is 0 Å². The molecular formula is C22H22F2O2. The fourth-order valence-corrected chi connectivity index (χ4v) is 3.61. The zero-order chi connectivity index (χ0) is 18.7. The van der Waals surface area contributed by atoms with E-state index in [-0.39, 0.29) is 11.5 Å². The minimum atomic E-state index is -3.01. The molecule has 1 aliphatic rings. The quantitative estimate of drug-likeness (QED) is 0.550. The van der Waals surface area contributed by atoms with Crippen LogP contribution in [-0.4, -0.2) is 13.1 Å². The number of carbonyl (C=O) groups is 1. The second-order valence-electron chi connectivity index (χ2n) is 6.82. The van der Waals surface area contributed by atoms with Gasteiger partial charge < -0.3 is 4.74 Å². The minimum absolute atomic E-state index is 0.0193. The summed E-state index contributed by atoms with van der Waals surface area (Å²) in [6.07, 6.45) is 4.19. The first kappa shape index (κ1) is 18.3. The Balaban J connectivity index is 1.76. The first-order valence-corrected chi connectivity index (χ1v) is 8.74. The maximum atomic E-state index is 13.8. The van der Waals surface area contributed by atoms with Crippen LogP contribution in [0.1, 0.15) is 39.0 Å². The Kier molecular flexibility index (Phi) is 5.21. The van der Waals surface area contributed by atoms with Crippen LogP contribution in [0, 0.1) is 5.92 Å². The van der Waals surface area contributed by atoms with Gasteiger partial charge >= 0.3 is 5.97 Å². The topological polar surface area (TPSA) is 26.3 Å².